The maximum absolute atomic E-state index is 5.19. The van der Waals surface area contributed by atoms with Gasteiger partial charge in [0.2, 0.25) is 0 Å². The summed E-state index contributed by atoms with van der Waals surface area (Å²) < 4.78 is 0. The van der Waals surface area contributed by atoms with Crippen molar-refractivity contribution in [2.75, 3.05) is 0 Å². The van der Waals surface area contributed by atoms with Crippen molar-refractivity contribution in [2.45, 2.75) is 6.92 Å². The Hall–Kier alpha value is -2.34. The minimum atomic E-state index is 1.50. The van der Waals surface area contributed by atoms with E-state index in [1.807, 2.05) is 98.1 Å². The minimum absolute atomic E-state index is 1.50. The Balaban J connectivity index is 3.84. The third-order valence-corrected chi connectivity index (χ3v) is 1.86. The molecule has 19 heavy (non-hydrogen) atoms. The van der Waals surface area contributed by atoms with Crippen molar-refractivity contribution in [3.05, 3.63) is 110 Å². The van der Waals surface area contributed by atoms with Crippen molar-refractivity contribution in [2.24, 2.45) is 0 Å². The zero-order valence-corrected chi connectivity index (χ0v) is 11.4. The molecule has 0 bridgehead atoms. The first-order chi connectivity index (χ1) is 9.41. The van der Waals surface area contributed by atoms with Gasteiger partial charge in [-0.1, -0.05) is 110 Å². The molecule has 0 fully saturated rings. The summed E-state index contributed by atoms with van der Waals surface area (Å²) in [5.41, 5.74) is 0. The molecule has 0 spiro atoms. The summed E-state index contributed by atoms with van der Waals surface area (Å²) in [5.74, 6) is 0. The first kappa shape index (κ1) is 16.7. The lowest BCUT2D eigenvalue weighted by molar-refractivity contribution is 1.73. The highest BCUT2D eigenvalue weighted by Gasteiger charge is 1.64. The number of allylic oxidation sites excluding steroid dienone is 17. The summed E-state index contributed by atoms with van der Waals surface area (Å²) in [6.45, 7) is 7.18. The van der Waals surface area contributed by atoms with Crippen molar-refractivity contribution in [3.63, 3.8) is 0 Å². The maximum atomic E-state index is 5.19. The summed E-state index contributed by atoms with van der Waals surface area (Å²) in [7, 11) is 0. The zero-order chi connectivity index (χ0) is 14.0. The standard InChI is InChI=1S/C19H21/c1-3-5-7-9-11-13-15-17-19-18-16-14-12-10-8-6-4-2/h1,3-19H,2H3/b3-1?,6-4+,7-5+,10-8+,11-9+,14-12+,15-13+,18-16+,19-17+. The Bertz CT molecular complexity index is 433. The smallest absolute Gasteiger partial charge is 0.0467 e. The van der Waals surface area contributed by atoms with Gasteiger partial charge in [0.1, 0.15) is 0 Å². The highest BCUT2D eigenvalue weighted by molar-refractivity contribution is 5.21. The summed E-state index contributed by atoms with van der Waals surface area (Å²) in [6.07, 6.45) is 32.8. The molecule has 0 aromatic rings. The van der Waals surface area contributed by atoms with Gasteiger partial charge in [-0.2, -0.15) is 0 Å². The van der Waals surface area contributed by atoms with Crippen LogP contribution < -0.4 is 0 Å². The lowest BCUT2D eigenvalue weighted by Gasteiger charge is -1.75. The molecule has 0 heterocycles. The largest absolute Gasteiger partial charge is 0.0877 e. The van der Waals surface area contributed by atoms with E-state index in [4.69, 9.17) is 6.58 Å². The molecular weight excluding hydrogens is 228 g/mol. The van der Waals surface area contributed by atoms with Gasteiger partial charge in [-0.15, -0.1) is 0 Å². The molecule has 97 valence electrons. The molecule has 0 heteroatoms. The fraction of sp³-hybridized carbons (Fsp3) is 0.0526. The van der Waals surface area contributed by atoms with Crippen molar-refractivity contribution in [1.82, 2.24) is 0 Å². The van der Waals surface area contributed by atoms with E-state index < -0.39 is 0 Å². The van der Waals surface area contributed by atoms with Gasteiger partial charge in [0.15, 0.2) is 0 Å². The van der Waals surface area contributed by atoms with Crippen LogP contribution in [0.4, 0.5) is 0 Å². The van der Waals surface area contributed by atoms with Crippen molar-refractivity contribution in [3.8, 4) is 0 Å². The van der Waals surface area contributed by atoms with Crippen LogP contribution in [-0.4, -0.2) is 0 Å². The molecular formula is C19H21. The van der Waals surface area contributed by atoms with Crippen LogP contribution in [0.1, 0.15) is 6.92 Å². The molecule has 0 rings (SSSR count). The van der Waals surface area contributed by atoms with Crippen LogP contribution in [-0.2, 0) is 0 Å². The summed E-state index contributed by atoms with van der Waals surface area (Å²) in [6, 6.07) is 0. The Labute approximate surface area is 117 Å². The van der Waals surface area contributed by atoms with Gasteiger partial charge in [0.05, 0.1) is 0 Å². The van der Waals surface area contributed by atoms with Gasteiger partial charge in [-0.05, 0) is 6.92 Å². The van der Waals surface area contributed by atoms with Crippen molar-refractivity contribution < 1.29 is 0 Å². The molecule has 0 N–H and O–H groups in total. The Morgan fingerprint density at radius 3 is 0.947 bits per heavy atom. The highest BCUT2D eigenvalue weighted by Crippen LogP contribution is 1.85. The molecule has 0 aliphatic heterocycles. The van der Waals surface area contributed by atoms with Crippen LogP contribution in [0, 0.1) is 6.58 Å². The second-order valence-corrected chi connectivity index (χ2v) is 3.41. The summed E-state index contributed by atoms with van der Waals surface area (Å²) in [5, 5.41) is 0. The molecule has 0 aromatic carbocycles. The average molecular weight is 249 g/mol. The van der Waals surface area contributed by atoms with E-state index in [1.165, 1.54) is 6.08 Å². The van der Waals surface area contributed by atoms with E-state index in [1.54, 1.807) is 6.08 Å². The SMILES string of the molecule is [CH]=C/C=C/C=C/C=C/C=C/C=C/C=C/C=C/C=C/C. The first-order valence-corrected chi connectivity index (χ1v) is 6.24. The quantitative estimate of drug-likeness (QED) is 0.502. The molecule has 0 saturated carbocycles. The average Bonchev–Trinajstić information content (AvgIpc) is 2.43. The lowest BCUT2D eigenvalue weighted by atomic mass is 10.3. The van der Waals surface area contributed by atoms with Crippen LogP contribution in [0.25, 0.3) is 0 Å². The van der Waals surface area contributed by atoms with Crippen molar-refractivity contribution >= 4 is 0 Å². The second kappa shape index (κ2) is 15.7. The van der Waals surface area contributed by atoms with Gasteiger partial charge in [0, 0.05) is 0 Å². The molecule has 0 amide bonds. The Morgan fingerprint density at radius 1 is 0.421 bits per heavy atom. The molecule has 0 atom stereocenters. The van der Waals surface area contributed by atoms with Crippen LogP contribution in [0.15, 0.2) is 103 Å². The highest BCUT2D eigenvalue weighted by atomic mass is 13.7. The Kier molecular flexibility index (Phi) is 13.7. The van der Waals surface area contributed by atoms with Crippen LogP contribution >= 0.6 is 0 Å². The monoisotopic (exact) mass is 249 g/mol. The molecule has 0 aromatic heterocycles. The third-order valence-electron chi connectivity index (χ3n) is 1.86. The van der Waals surface area contributed by atoms with Gasteiger partial charge in [-0.3, -0.25) is 0 Å². The molecule has 0 saturated heterocycles. The van der Waals surface area contributed by atoms with Crippen LogP contribution in [0.3, 0.4) is 0 Å². The summed E-state index contributed by atoms with van der Waals surface area (Å²) in [4.78, 5) is 0. The van der Waals surface area contributed by atoms with Gasteiger partial charge in [-0.25, -0.2) is 0 Å². The minimum Gasteiger partial charge on any atom is -0.0877 e. The number of rotatable bonds is 8. The van der Waals surface area contributed by atoms with Crippen molar-refractivity contribution in [1.29, 1.82) is 0 Å². The van der Waals surface area contributed by atoms with Crippen LogP contribution in [0.5, 0.6) is 0 Å². The van der Waals surface area contributed by atoms with Gasteiger partial charge < -0.3 is 0 Å². The second-order valence-electron chi connectivity index (χ2n) is 3.41. The van der Waals surface area contributed by atoms with E-state index >= 15 is 0 Å². The van der Waals surface area contributed by atoms with E-state index in [9.17, 15) is 0 Å². The molecule has 0 unspecified atom stereocenters. The molecule has 0 nitrogen and oxygen atoms in total. The van der Waals surface area contributed by atoms with E-state index in [0.717, 1.165) is 0 Å². The van der Waals surface area contributed by atoms with E-state index in [2.05, 4.69) is 0 Å². The fourth-order valence-corrected chi connectivity index (χ4v) is 1.01. The lowest BCUT2D eigenvalue weighted by Crippen LogP contribution is -1.53. The normalized spacial score (nSPS) is 14.2. The topological polar surface area (TPSA) is 0 Å². The van der Waals surface area contributed by atoms with Gasteiger partial charge in [0.25, 0.3) is 0 Å². The fourth-order valence-electron chi connectivity index (χ4n) is 1.01. The number of hydrogen-bond acceptors (Lipinski definition) is 0. The van der Waals surface area contributed by atoms with Crippen LogP contribution in [0.2, 0.25) is 0 Å². The molecule has 0 aliphatic rings. The molecule has 1 radical (unpaired) electrons. The third kappa shape index (κ3) is 15.7. The first-order valence-electron chi connectivity index (χ1n) is 6.24. The molecule has 0 aliphatic carbocycles. The maximum Gasteiger partial charge on any atom is -0.0467 e. The predicted octanol–water partition coefficient (Wildman–Crippen LogP) is 5.45. The van der Waals surface area contributed by atoms with Gasteiger partial charge >= 0.3 is 0 Å². The Morgan fingerprint density at radius 2 is 0.684 bits per heavy atom. The van der Waals surface area contributed by atoms with E-state index in [0.29, 0.717) is 0 Å². The zero-order valence-electron chi connectivity index (χ0n) is 11.4. The van der Waals surface area contributed by atoms with E-state index in [-0.39, 0.29) is 0 Å². The predicted molar refractivity (Wildman–Crippen MR) is 87.7 cm³/mol. The summed E-state index contributed by atoms with van der Waals surface area (Å²) >= 11 is 0. The number of hydrogen-bond donors (Lipinski definition) is 0.